The average molecular weight is 410 g/mol. The Kier molecular flexibility index (Phi) is 6.08. The number of carbonyl (C=O) groups excluding carboxylic acids is 2. The molecule has 25 heavy (non-hydrogen) atoms. The van der Waals surface area contributed by atoms with E-state index in [1.807, 2.05) is 0 Å². The summed E-state index contributed by atoms with van der Waals surface area (Å²) in [4.78, 5) is 29.8. The zero-order valence-corrected chi connectivity index (χ0v) is 15.5. The van der Waals surface area contributed by atoms with Gasteiger partial charge in [0.2, 0.25) is 11.8 Å². The standard InChI is InChI=1S/C17H17BrFN3O3/c1-10(17(24)22(2)3)21-15(23)12-5-4-8-20-16(12)25-14-7-6-11(19)9-13(14)18/h4-10H,1-3H3,(H,21,23)/t10-/m0/s1. The number of halogens is 2. The number of hydrogen-bond donors (Lipinski definition) is 1. The zero-order chi connectivity index (χ0) is 18.6. The van der Waals surface area contributed by atoms with Crippen LogP contribution in [0.3, 0.4) is 0 Å². The first-order valence-electron chi connectivity index (χ1n) is 7.39. The molecule has 0 spiro atoms. The zero-order valence-electron chi connectivity index (χ0n) is 13.9. The minimum Gasteiger partial charge on any atom is -0.437 e. The Morgan fingerprint density at radius 2 is 2.04 bits per heavy atom. The van der Waals surface area contributed by atoms with Crippen molar-refractivity contribution in [1.82, 2.24) is 15.2 Å². The van der Waals surface area contributed by atoms with Crippen molar-refractivity contribution in [2.45, 2.75) is 13.0 Å². The molecule has 0 fully saturated rings. The minimum atomic E-state index is -0.701. The van der Waals surface area contributed by atoms with Crippen LogP contribution < -0.4 is 10.1 Å². The van der Waals surface area contributed by atoms with Crippen molar-refractivity contribution in [2.24, 2.45) is 0 Å². The largest absolute Gasteiger partial charge is 0.437 e. The molecule has 0 saturated carbocycles. The molecule has 1 heterocycles. The van der Waals surface area contributed by atoms with E-state index < -0.39 is 17.8 Å². The number of ether oxygens (including phenoxy) is 1. The maximum absolute atomic E-state index is 13.2. The van der Waals surface area contributed by atoms with Crippen LogP contribution in [0, 0.1) is 5.82 Å². The Bertz CT molecular complexity index is 798. The van der Waals surface area contributed by atoms with Gasteiger partial charge >= 0.3 is 0 Å². The molecule has 1 N–H and O–H groups in total. The Labute approximate surface area is 153 Å². The van der Waals surface area contributed by atoms with E-state index >= 15 is 0 Å². The van der Waals surface area contributed by atoms with Crippen LogP contribution in [0.1, 0.15) is 17.3 Å². The summed E-state index contributed by atoms with van der Waals surface area (Å²) in [6, 6.07) is 6.32. The van der Waals surface area contributed by atoms with Crippen molar-refractivity contribution >= 4 is 27.7 Å². The number of carbonyl (C=O) groups is 2. The Balaban J connectivity index is 2.22. The first-order chi connectivity index (χ1) is 11.8. The van der Waals surface area contributed by atoms with Crippen LogP contribution in [0.4, 0.5) is 4.39 Å². The highest BCUT2D eigenvalue weighted by atomic mass is 79.9. The number of hydrogen-bond acceptors (Lipinski definition) is 4. The van der Waals surface area contributed by atoms with Gasteiger partial charge in [-0.05, 0) is 53.2 Å². The van der Waals surface area contributed by atoms with Gasteiger partial charge < -0.3 is 15.0 Å². The van der Waals surface area contributed by atoms with Crippen LogP contribution in [-0.4, -0.2) is 41.8 Å². The number of aromatic nitrogens is 1. The third-order valence-corrected chi connectivity index (χ3v) is 3.89. The highest BCUT2D eigenvalue weighted by Gasteiger charge is 2.21. The molecule has 132 valence electrons. The number of likely N-dealkylation sites (N-methyl/N-ethyl adjacent to an activating group) is 1. The van der Waals surface area contributed by atoms with Crippen LogP contribution >= 0.6 is 15.9 Å². The molecule has 0 aliphatic carbocycles. The lowest BCUT2D eigenvalue weighted by atomic mass is 10.2. The van der Waals surface area contributed by atoms with E-state index in [2.05, 4.69) is 26.2 Å². The number of pyridine rings is 1. The molecule has 0 aliphatic rings. The maximum atomic E-state index is 13.2. The molecule has 2 rings (SSSR count). The minimum absolute atomic E-state index is 0.0526. The van der Waals surface area contributed by atoms with Crippen LogP contribution in [0.15, 0.2) is 41.0 Å². The lowest BCUT2D eigenvalue weighted by Crippen LogP contribution is -2.44. The van der Waals surface area contributed by atoms with Crippen molar-refractivity contribution in [2.75, 3.05) is 14.1 Å². The number of amides is 2. The quantitative estimate of drug-likeness (QED) is 0.823. The number of nitrogens with zero attached hydrogens (tertiary/aromatic N) is 2. The molecule has 2 amide bonds. The first-order valence-corrected chi connectivity index (χ1v) is 8.19. The highest BCUT2D eigenvalue weighted by Crippen LogP contribution is 2.30. The van der Waals surface area contributed by atoms with Gasteiger partial charge in [0.05, 0.1) is 4.47 Å². The fourth-order valence-corrected chi connectivity index (χ4v) is 2.46. The summed E-state index contributed by atoms with van der Waals surface area (Å²) >= 11 is 3.20. The van der Waals surface area contributed by atoms with Crippen molar-refractivity contribution in [3.8, 4) is 11.6 Å². The molecular formula is C17H17BrFN3O3. The topological polar surface area (TPSA) is 71.5 Å². The molecule has 6 nitrogen and oxygen atoms in total. The fourth-order valence-electron chi connectivity index (χ4n) is 2.03. The van der Waals surface area contributed by atoms with Gasteiger partial charge in [0, 0.05) is 20.3 Å². The third-order valence-electron chi connectivity index (χ3n) is 3.28. The fraction of sp³-hybridized carbons (Fsp3) is 0.235. The Hall–Kier alpha value is -2.48. The second-order valence-corrected chi connectivity index (χ2v) is 6.32. The number of benzene rings is 1. The second kappa shape index (κ2) is 8.06. The summed E-state index contributed by atoms with van der Waals surface area (Å²) in [6.07, 6.45) is 1.47. The molecule has 1 atom stereocenters. The van der Waals surface area contributed by atoms with Crippen molar-refractivity contribution in [3.05, 3.63) is 52.4 Å². The Morgan fingerprint density at radius 3 is 2.68 bits per heavy atom. The molecule has 1 aromatic heterocycles. The predicted molar refractivity (Wildman–Crippen MR) is 94.0 cm³/mol. The normalized spacial score (nSPS) is 11.6. The molecule has 0 unspecified atom stereocenters. The highest BCUT2D eigenvalue weighted by molar-refractivity contribution is 9.10. The molecular weight excluding hydrogens is 393 g/mol. The predicted octanol–water partition coefficient (Wildman–Crippen LogP) is 2.98. The first kappa shape index (κ1) is 18.9. The summed E-state index contributed by atoms with van der Waals surface area (Å²) in [5.74, 6) is -0.789. The van der Waals surface area contributed by atoms with E-state index in [9.17, 15) is 14.0 Å². The van der Waals surface area contributed by atoms with Gasteiger partial charge in [0.15, 0.2) is 0 Å². The summed E-state index contributed by atoms with van der Waals surface area (Å²) in [7, 11) is 3.21. The number of rotatable bonds is 5. The summed E-state index contributed by atoms with van der Waals surface area (Å²) in [6.45, 7) is 1.59. The van der Waals surface area contributed by atoms with Gasteiger partial charge in [-0.3, -0.25) is 9.59 Å². The van der Waals surface area contributed by atoms with Gasteiger partial charge in [-0.1, -0.05) is 0 Å². The van der Waals surface area contributed by atoms with Gasteiger partial charge in [0.25, 0.3) is 5.91 Å². The molecule has 2 aromatic rings. The van der Waals surface area contributed by atoms with E-state index in [0.717, 1.165) is 0 Å². The lowest BCUT2D eigenvalue weighted by molar-refractivity contribution is -0.130. The molecule has 0 bridgehead atoms. The monoisotopic (exact) mass is 409 g/mol. The van der Waals surface area contributed by atoms with Crippen LogP contribution in [-0.2, 0) is 4.79 Å². The summed E-state index contributed by atoms with van der Waals surface area (Å²) < 4.78 is 19.2. The van der Waals surface area contributed by atoms with Crippen molar-refractivity contribution < 1.29 is 18.7 Å². The molecule has 1 aromatic carbocycles. The lowest BCUT2D eigenvalue weighted by Gasteiger charge is -2.18. The third kappa shape index (κ3) is 4.76. The van der Waals surface area contributed by atoms with Crippen molar-refractivity contribution in [1.29, 1.82) is 0 Å². The van der Waals surface area contributed by atoms with E-state index in [1.165, 1.54) is 35.4 Å². The van der Waals surface area contributed by atoms with E-state index in [0.29, 0.717) is 10.2 Å². The van der Waals surface area contributed by atoms with Gasteiger partial charge in [0.1, 0.15) is 23.2 Å². The van der Waals surface area contributed by atoms with Gasteiger partial charge in [-0.2, -0.15) is 0 Å². The second-order valence-electron chi connectivity index (χ2n) is 5.46. The van der Waals surface area contributed by atoms with Crippen LogP contribution in [0.5, 0.6) is 11.6 Å². The SMILES string of the molecule is C[C@H](NC(=O)c1cccnc1Oc1ccc(F)cc1Br)C(=O)N(C)C. The summed E-state index contributed by atoms with van der Waals surface area (Å²) in [5, 5.41) is 2.61. The smallest absolute Gasteiger partial charge is 0.257 e. The van der Waals surface area contributed by atoms with E-state index in [4.69, 9.17) is 4.74 Å². The Morgan fingerprint density at radius 1 is 1.32 bits per heavy atom. The van der Waals surface area contributed by atoms with Gasteiger partial charge in [-0.15, -0.1) is 0 Å². The van der Waals surface area contributed by atoms with Crippen LogP contribution in [0.25, 0.3) is 0 Å². The average Bonchev–Trinajstić information content (AvgIpc) is 2.56. The van der Waals surface area contributed by atoms with Crippen LogP contribution in [0.2, 0.25) is 0 Å². The summed E-state index contributed by atoms with van der Waals surface area (Å²) in [5.41, 5.74) is 0.164. The maximum Gasteiger partial charge on any atom is 0.257 e. The molecule has 0 radical (unpaired) electrons. The van der Waals surface area contributed by atoms with E-state index in [-0.39, 0.29) is 17.4 Å². The molecule has 8 heteroatoms. The van der Waals surface area contributed by atoms with E-state index in [1.54, 1.807) is 27.1 Å². The van der Waals surface area contributed by atoms with Gasteiger partial charge in [-0.25, -0.2) is 9.37 Å². The number of nitrogens with one attached hydrogen (secondary N) is 1. The molecule has 0 aliphatic heterocycles. The van der Waals surface area contributed by atoms with Crippen molar-refractivity contribution in [3.63, 3.8) is 0 Å². The molecule has 0 saturated heterocycles.